The number of hydrogen-bond acceptors (Lipinski definition) is 5. The van der Waals surface area contributed by atoms with Crippen LogP contribution in [0, 0.1) is 6.92 Å². The standard InChI is InChI=1S/C19H22F3N3O2S/c1-14-10-16(23-27-14)13-24-6-3-7-25(9-8-24)18(26)12-15-4-2-5-17(11-15)28-19(20,21)22/h2,4-5,10-11H,3,6-9,12-13H2,1H3. The summed E-state index contributed by atoms with van der Waals surface area (Å²) in [4.78, 5) is 16.8. The van der Waals surface area contributed by atoms with E-state index in [1.165, 1.54) is 12.1 Å². The van der Waals surface area contributed by atoms with E-state index in [1.807, 2.05) is 13.0 Å². The topological polar surface area (TPSA) is 49.6 Å². The second-order valence-electron chi connectivity index (χ2n) is 6.81. The maximum Gasteiger partial charge on any atom is 0.446 e. The Labute approximate surface area is 165 Å². The molecule has 0 aliphatic carbocycles. The molecule has 0 spiro atoms. The van der Waals surface area contributed by atoms with Gasteiger partial charge in [0.25, 0.3) is 0 Å². The number of benzene rings is 1. The lowest BCUT2D eigenvalue weighted by molar-refractivity contribution is -0.130. The lowest BCUT2D eigenvalue weighted by Crippen LogP contribution is -2.36. The van der Waals surface area contributed by atoms with Crippen LogP contribution in [0.15, 0.2) is 39.8 Å². The number of nitrogens with zero attached hydrogens (tertiary/aromatic N) is 3. The Morgan fingerprint density at radius 3 is 2.75 bits per heavy atom. The van der Waals surface area contributed by atoms with Crippen LogP contribution < -0.4 is 0 Å². The normalized spacial score (nSPS) is 16.2. The smallest absolute Gasteiger partial charge is 0.361 e. The fourth-order valence-corrected chi connectivity index (χ4v) is 3.86. The largest absolute Gasteiger partial charge is 0.446 e. The highest BCUT2D eigenvalue weighted by molar-refractivity contribution is 8.00. The number of aromatic nitrogens is 1. The van der Waals surface area contributed by atoms with Crippen LogP contribution in [0.5, 0.6) is 0 Å². The molecule has 28 heavy (non-hydrogen) atoms. The van der Waals surface area contributed by atoms with Crippen LogP contribution >= 0.6 is 11.8 Å². The summed E-state index contributed by atoms with van der Waals surface area (Å²) in [5.74, 6) is 0.709. The van der Waals surface area contributed by atoms with E-state index in [4.69, 9.17) is 4.52 Å². The minimum Gasteiger partial charge on any atom is -0.361 e. The molecule has 1 fully saturated rings. The summed E-state index contributed by atoms with van der Waals surface area (Å²) >= 11 is -0.161. The Balaban J connectivity index is 1.54. The predicted octanol–water partition coefficient (Wildman–Crippen LogP) is 3.87. The van der Waals surface area contributed by atoms with Crippen molar-refractivity contribution in [3.05, 3.63) is 47.3 Å². The number of aryl methyl sites for hydroxylation is 1. The third-order valence-electron chi connectivity index (χ3n) is 4.49. The van der Waals surface area contributed by atoms with Gasteiger partial charge in [0.1, 0.15) is 5.76 Å². The molecule has 0 unspecified atom stereocenters. The Morgan fingerprint density at radius 2 is 2.04 bits per heavy atom. The van der Waals surface area contributed by atoms with Crippen molar-refractivity contribution in [3.8, 4) is 0 Å². The Morgan fingerprint density at radius 1 is 1.21 bits per heavy atom. The van der Waals surface area contributed by atoms with Crippen molar-refractivity contribution < 1.29 is 22.5 Å². The highest BCUT2D eigenvalue weighted by Crippen LogP contribution is 2.37. The number of alkyl halides is 3. The highest BCUT2D eigenvalue weighted by Gasteiger charge is 2.29. The highest BCUT2D eigenvalue weighted by atomic mass is 32.2. The molecule has 1 amide bonds. The quantitative estimate of drug-likeness (QED) is 0.697. The summed E-state index contributed by atoms with van der Waals surface area (Å²) in [7, 11) is 0. The van der Waals surface area contributed by atoms with Gasteiger partial charge in [0.15, 0.2) is 0 Å². The first-order valence-corrected chi connectivity index (χ1v) is 9.87. The fourth-order valence-electron chi connectivity index (χ4n) is 3.24. The van der Waals surface area contributed by atoms with E-state index in [-0.39, 0.29) is 29.0 Å². The molecule has 1 aliphatic heterocycles. The van der Waals surface area contributed by atoms with E-state index in [0.29, 0.717) is 25.2 Å². The first kappa shape index (κ1) is 20.7. The Kier molecular flexibility index (Phi) is 6.66. The van der Waals surface area contributed by atoms with Gasteiger partial charge in [-0.1, -0.05) is 17.3 Å². The van der Waals surface area contributed by atoms with Crippen LogP contribution in [0.3, 0.4) is 0 Å². The molecule has 2 aromatic rings. The second kappa shape index (κ2) is 9.00. The lowest BCUT2D eigenvalue weighted by atomic mass is 10.1. The molecule has 0 saturated carbocycles. The SMILES string of the molecule is Cc1cc(CN2CCCN(C(=O)Cc3cccc(SC(F)(F)F)c3)CC2)no1. The van der Waals surface area contributed by atoms with E-state index in [9.17, 15) is 18.0 Å². The first-order valence-electron chi connectivity index (χ1n) is 9.05. The zero-order chi connectivity index (χ0) is 20.1. The molecule has 1 aliphatic rings. The van der Waals surface area contributed by atoms with E-state index in [2.05, 4.69) is 10.1 Å². The maximum atomic E-state index is 12.6. The minimum atomic E-state index is -4.33. The van der Waals surface area contributed by atoms with Gasteiger partial charge in [0.2, 0.25) is 5.91 Å². The van der Waals surface area contributed by atoms with Crippen LogP contribution in [0.25, 0.3) is 0 Å². The average molecular weight is 413 g/mol. The average Bonchev–Trinajstić information content (AvgIpc) is 2.87. The number of rotatable bonds is 5. The van der Waals surface area contributed by atoms with Gasteiger partial charge >= 0.3 is 5.51 Å². The van der Waals surface area contributed by atoms with E-state index in [1.54, 1.807) is 17.0 Å². The third-order valence-corrected chi connectivity index (χ3v) is 5.21. The van der Waals surface area contributed by atoms with Crippen molar-refractivity contribution >= 4 is 17.7 Å². The molecule has 5 nitrogen and oxygen atoms in total. The third kappa shape index (κ3) is 6.27. The summed E-state index contributed by atoms with van der Waals surface area (Å²) in [6, 6.07) is 7.99. The van der Waals surface area contributed by atoms with Gasteiger partial charge in [0, 0.05) is 43.7 Å². The summed E-state index contributed by atoms with van der Waals surface area (Å²) in [6.07, 6.45) is 0.946. The number of thioether (sulfide) groups is 1. The number of carbonyl (C=O) groups is 1. The number of halogens is 3. The molecule has 0 atom stereocenters. The monoisotopic (exact) mass is 413 g/mol. The lowest BCUT2D eigenvalue weighted by Gasteiger charge is -2.21. The zero-order valence-electron chi connectivity index (χ0n) is 15.5. The molecule has 2 heterocycles. The summed E-state index contributed by atoms with van der Waals surface area (Å²) < 4.78 is 42.7. The van der Waals surface area contributed by atoms with Gasteiger partial charge in [-0.2, -0.15) is 13.2 Å². The van der Waals surface area contributed by atoms with E-state index in [0.717, 1.165) is 31.0 Å². The fraction of sp³-hybridized carbons (Fsp3) is 0.474. The predicted molar refractivity (Wildman–Crippen MR) is 99.8 cm³/mol. The number of hydrogen-bond donors (Lipinski definition) is 0. The van der Waals surface area contributed by atoms with Gasteiger partial charge in [-0.3, -0.25) is 9.69 Å². The summed E-state index contributed by atoms with van der Waals surface area (Å²) in [5.41, 5.74) is -2.87. The molecule has 152 valence electrons. The van der Waals surface area contributed by atoms with Crippen molar-refractivity contribution in [2.45, 2.75) is 36.7 Å². The van der Waals surface area contributed by atoms with Crippen LogP contribution in [-0.4, -0.2) is 52.6 Å². The molecular formula is C19H22F3N3O2S. The van der Waals surface area contributed by atoms with Gasteiger partial charge in [-0.15, -0.1) is 0 Å². The molecule has 0 N–H and O–H groups in total. The second-order valence-corrected chi connectivity index (χ2v) is 7.95. The molecule has 1 aromatic heterocycles. The number of carbonyl (C=O) groups excluding carboxylic acids is 1. The van der Waals surface area contributed by atoms with Crippen molar-refractivity contribution in [1.29, 1.82) is 0 Å². The van der Waals surface area contributed by atoms with Crippen LogP contribution in [-0.2, 0) is 17.8 Å². The first-order chi connectivity index (χ1) is 13.3. The van der Waals surface area contributed by atoms with Gasteiger partial charge in [-0.05, 0) is 42.8 Å². The molecule has 0 radical (unpaired) electrons. The van der Waals surface area contributed by atoms with Crippen LogP contribution in [0.1, 0.15) is 23.4 Å². The Hall–Kier alpha value is -2.00. The maximum absolute atomic E-state index is 12.6. The number of amides is 1. The molecule has 1 saturated heterocycles. The zero-order valence-corrected chi connectivity index (χ0v) is 16.4. The van der Waals surface area contributed by atoms with Crippen molar-refractivity contribution in [2.75, 3.05) is 26.2 Å². The van der Waals surface area contributed by atoms with Crippen molar-refractivity contribution in [1.82, 2.24) is 15.0 Å². The van der Waals surface area contributed by atoms with Gasteiger partial charge < -0.3 is 9.42 Å². The van der Waals surface area contributed by atoms with Crippen LogP contribution in [0.4, 0.5) is 13.2 Å². The molecule has 1 aromatic carbocycles. The summed E-state index contributed by atoms with van der Waals surface area (Å²) in [6.45, 7) is 5.34. The van der Waals surface area contributed by atoms with Crippen molar-refractivity contribution in [2.24, 2.45) is 0 Å². The Bertz CT molecular complexity index is 810. The molecule has 3 rings (SSSR count). The van der Waals surface area contributed by atoms with Gasteiger partial charge in [0.05, 0.1) is 12.1 Å². The van der Waals surface area contributed by atoms with Gasteiger partial charge in [-0.25, -0.2) is 0 Å². The minimum absolute atomic E-state index is 0.0618. The van der Waals surface area contributed by atoms with E-state index >= 15 is 0 Å². The van der Waals surface area contributed by atoms with Crippen molar-refractivity contribution in [3.63, 3.8) is 0 Å². The molecule has 9 heteroatoms. The molecular weight excluding hydrogens is 391 g/mol. The van der Waals surface area contributed by atoms with Crippen LogP contribution in [0.2, 0.25) is 0 Å². The summed E-state index contributed by atoms with van der Waals surface area (Å²) in [5, 5.41) is 4.00. The molecule has 0 bridgehead atoms. The van der Waals surface area contributed by atoms with E-state index < -0.39 is 5.51 Å².